The van der Waals surface area contributed by atoms with E-state index >= 15 is 0 Å². The minimum absolute atomic E-state index is 0.0132. The first-order chi connectivity index (χ1) is 9.06. The number of hydrogen-bond donors (Lipinski definition) is 1. The van der Waals surface area contributed by atoms with Crippen LogP contribution >= 0.6 is 0 Å². The first-order valence-corrected chi connectivity index (χ1v) is 5.92. The number of allylic oxidation sites excluding steroid dienone is 4. The van der Waals surface area contributed by atoms with Gasteiger partial charge in [0.25, 0.3) is 5.69 Å². The summed E-state index contributed by atoms with van der Waals surface area (Å²) in [4.78, 5) is 10.1. The molecule has 0 spiro atoms. The summed E-state index contributed by atoms with van der Waals surface area (Å²) in [6, 6.07) is 6.35. The number of nitrogens with zero attached hydrogens (tertiary/aromatic N) is 1. The topological polar surface area (TPSA) is 67.0 Å². The van der Waals surface area contributed by atoms with Gasteiger partial charge >= 0.3 is 0 Å². The van der Waals surface area contributed by atoms with Crippen molar-refractivity contribution in [1.29, 1.82) is 5.41 Å². The van der Waals surface area contributed by atoms with Crippen LogP contribution in [0.25, 0.3) is 6.08 Å². The van der Waals surface area contributed by atoms with Crippen molar-refractivity contribution in [2.45, 2.75) is 6.42 Å². The number of benzene rings is 1. The zero-order valence-electron chi connectivity index (χ0n) is 10.4. The summed E-state index contributed by atoms with van der Waals surface area (Å²) in [5.74, 6) is -0.0132. The monoisotopic (exact) mass is 254 g/mol. The van der Waals surface area contributed by atoms with Crippen molar-refractivity contribution in [2.75, 3.05) is 0 Å². The second-order valence-corrected chi connectivity index (χ2v) is 4.45. The van der Waals surface area contributed by atoms with Crippen LogP contribution in [-0.2, 0) is 0 Å². The van der Waals surface area contributed by atoms with Crippen LogP contribution in [0.4, 0.5) is 5.69 Å². The molecule has 1 atom stereocenters. The summed E-state index contributed by atoms with van der Waals surface area (Å²) < 4.78 is 0. The summed E-state index contributed by atoms with van der Waals surface area (Å²) in [7, 11) is 0. The number of nitro benzene ring substituents is 1. The van der Waals surface area contributed by atoms with Gasteiger partial charge in [-0.3, -0.25) is 10.1 Å². The Morgan fingerprint density at radius 1 is 1.37 bits per heavy atom. The standard InChI is InChI=1S/C15H14N2O2/c1-11-2-6-13(15(16)10-11)7-3-12-4-8-14(9-5-12)17(18)19/h2-9,13,16H,1,10H2. The van der Waals surface area contributed by atoms with E-state index in [0.29, 0.717) is 12.1 Å². The summed E-state index contributed by atoms with van der Waals surface area (Å²) >= 11 is 0. The van der Waals surface area contributed by atoms with Gasteiger partial charge in [0.2, 0.25) is 0 Å². The average Bonchev–Trinajstić information content (AvgIpc) is 2.38. The molecule has 19 heavy (non-hydrogen) atoms. The highest BCUT2D eigenvalue weighted by atomic mass is 16.6. The van der Waals surface area contributed by atoms with Crippen LogP contribution in [0.3, 0.4) is 0 Å². The van der Waals surface area contributed by atoms with Crippen LogP contribution in [0.1, 0.15) is 12.0 Å². The Morgan fingerprint density at radius 3 is 2.63 bits per heavy atom. The summed E-state index contributed by atoms with van der Waals surface area (Å²) in [6.07, 6.45) is 8.28. The van der Waals surface area contributed by atoms with E-state index in [4.69, 9.17) is 5.41 Å². The molecule has 4 heteroatoms. The molecule has 0 radical (unpaired) electrons. The Kier molecular flexibility index (Phi) is 3.71. The molecule has 1 aromatic carbocycles. The summed E-state index contributed by atoms with van der Waals surface area (Å²) in [5.41, 5.74) is 2.53. The molecule has 0 amide bonds. The molecule has 0 aromatic heterocycles. The third-order valence-corrected chi connectivity index (χ3v) is 2.96. The Bertz CT molecular complexity index is 583. The van der Waals surface area contributed by atoms with E-state index in [1.165, 1.54) is 12.1 Å². The first-order valence-electron chi connectivity index (χ1n) is 5.92. The SMILES string of the molecule is C=C1C=CC(C=Cc2ccc([N+](=O)[O-])cc2)C(=N)C1. The van der Waals surface area contributed by atoms with E-state index in [1.54, 1.807) is 12.1 Å². The molecule has 0 fully saturated rings. The molecule has 0 heterocycles. The van der Waals surface area contributed by atoms with Crippen LogP contribution in [0.15, 0.2) is 54.6 Å². The highest BCUT2D eigenvalue weighted by Gasteiger charge is 2.13. The summed E-state index contributed by atoms with van der Waals surface area (Å²) in [5, 5.41) is 18.4. The van der Waals surface area contributed by atoms with Crippen molar-refractivity contribution in [3.8, 4) is 0 Å². The fourth-order valence-corrected chi connectivity index (χ4v) is 1.88. The molecule has 1 unspecified atom stereocenters. The third-order valence-electron chi connectivity index (χ3n) is 2.96. The van der Waals surface area contributed by atoms with E-state index in [-0.39, 0.29) is 11.6 Å². The van der Waals surface area contributed by atoms with Crippen molar-refractivity contribution < 1.29 is 4.92 Å². The van der Waals surface area contributed by atoms with E-state index in [9.17, 15) is 10.1 Å². The molecule has 1 aromatic rings. The lowest BCUT2D eigenvalue weighted by Crippen LogP contribution is -2.12. The van der Waals surface area contributed by atoms with E-state index in [0.717, 1.165) is 11.1 Å². The van der Waals surface area contributed by atoms with Crippen LogP contribution in [0.5, 0.6) is 0 Å². The predicted molar refractivity (Wildman–Crippen MR) is 76.2 cm³/mol. The van der Waals surface area contributed by atoms with Gasteiger partial charge in [-0.1, -0.05) is 30.9 Å². The van der Waals surface area contributed by atoms with E-state index < -0.39 is 4.92 Å². The number of rotatable bonds is 3. The van der Waals surface area contributed by atoms with Crippen LogP contribution in [0.2, 0.25) is 0 Å². The maximum Gasteiger partial charge on any atom is 0.269 e. The van der Waals surface area contributed by atoms with E-state index in [1.807, 2.05) is 24.3 Å². The van der Waals surface area contributed by atoms with Crippen molar-refractivity contribution in [2.24, 2.45) is 5.92 Å². The van der Waals surface area contributed by atoms with Crippen LogP contribution < -0.4 is 0 Å². The molecular weight excluding hydrogens is 240 g/mol. The molecule has 1 N–H and O–H groups in total. The van der Waals surface area contributed by atoms with E-state index in [2.05, 4.69) is 6.58 Å². The van der Waals surface area contributed by atoms with Gasteiger partial charge in [-0.2, -0.15) is 0 Å². The molecule has 0 aliphatic heterocycles. The van der Waals surface area contributed by atoms with Crippen LogP contribution in [-0.4, -0.2) is 10.6 Å². The van der Waals surface area contributed by atoms with Crippen molar-refractivity contribution in [3.63, 3.8) is 0 Å². The fraction of sp³-hybridized carbons (Fsp3) is 0.133. The molecule has 1 aliphatic carbocycles. The Labute approximate surface area is 111 Å². The van der Waals surface area contributed by atoms with Gasteiger partial charge < -0.3 is 5.41 Å². The van der Waals surface area contributed by atoms with Gasteiger partial charge in [0.05, 0.1) is 4.92 Å². The normalized spacial score (nSPS) is 19.1. The van der Waals surface area contributed by atoms with Gasteiger partial charge in [-0.25, -0.2) is 0 Å². The maximum atomic E-state index is 10.5. The Hall–Kier alpha value is -2.49. The first kappa shape index (κ1) is 13.0. The highest BCUT2D eigenvalue weighted by Crippen LogP contribution is 2.20. The minimum atomic E-state index is -0.418. The average molecular weight is 254 g/mol. The van der Waals surface area contributed by atoms with Gasteiger partial charge in [0.1, 0.15) is 0 Å². The second-order valence-electron chi connectivity index (χ2n) is 4.45. The zero-order chi connectivity index (χ0) is 13.8. The molecular formula is C15H14N2O2. The lowest BCUT2D eigenvalue weighted by Gasteiger charge is -2.15. The molecule has 2 rings (SSSR count). The van der Waals surface area contributed by atoms with Gasteiger partial charge in [-0.05, 0) is 23.3 Å². The Morgan fingerprint density at radius 2 is 2.05 bits per heavy atom. The number of non-ortho nitro benzene ring substituents is 1. The Balaban J connectivity index is 2.10. The van der Waals surface area contributed by atoms with Crippen LogP contribution in [0, 0.1) is 21.4 Å². The minimum Gasteiger partial charge on any atom is -0.308 e. The number of nitrogens with one attached hydrogen (secondary N) is 1. The predicted octanol–water partition coefficient (Wildman–Crippen LogP) is 3.76. The summed E-state index contributed by atoms with van der Waals surface area (Å²) in [6.45, 7) is 3.83. The van der Waals surface area contributed by atoms with Gasteiger partial charge in [-0.15, -0.1) is 0 Å². The smallest absolute Gasteiger partial charge is 0.269 e. The lowest BCUT2D eigenvalue weighted by molar-refractivity contribution is -0.384. The molecule has 0 saturated heterocycles. The molecule has 4 nitrogen and oxygen atoms in total. The lowest BCUT2D eigenvalue weighted by atomic mass is 9.90. The third kappa shape index (κ3) is 3.25. The van der Waals surface area contributed by atoms with Crippen molar-refractivity contribution in [1.82, 2.24) is 0 Å². The highest BCUT2D eigenvalue weighted by molar-refractivity contribution is 5.91. The van der Waals surface area contributed by atoms with Crippen molar-refractivity contribution >= 4 is 17.5 Å². The largest absolute Gasteiger partial charge is 0.308 e. The quantitative estimate of drug-likeness (QED) is 0.659. The zero-order valence-corrected chi connectivity index (χ0v) is 10.4. The number of nitro groups is 1. The fourth-order valence-electron chi connectivity index (χ4n) is 1.88. The van der Waals surface area contributed by atoms with Crippen molar-refractivity contribution in [3.05, 3.63) is 70.3 Å². The number of hydrogen-bond acceptors (Lipinski definition) is 3. The second kappa shape index (κ2) is 5.44. The van der Waals surface area contributed by atoms with Gasteiger partial charge in [0.15, 0.2) is 0 Å². The molecule has 96 valence electrons. The molecule has 0 bridgehead atoms. The van der Waals surface area contributed by atoms with Gasteiger partial charge in [0, 0.05) is 30.2 Å². The maximum absolute atomic E-state index is 10.5. The molecule has 0 saturated carbocycles. The molecule has 1 aliphatic rings.